The van der Waals surface area contributed by atoms with Gasteiger partial charge in [0, 0.05) is 43.1 Å². The lowest BCUT2D eigenvalue weighted by molar-refractivity contribution is 0.148. The summed E-state index contributed by atoms with van der Waals surface area (Å²) in [4.78, 5) is 10.8. The van der Waals surface area contributed by atoms with Gasteiger partial charge in [0.15, 0.2) is 11.5 Å². The minimum Gasteiger partial charge on any atom is -0.339 e. The van der Waals surface area contributed by atoms with Crippen LogP contribution in [-0.2, 0) is 6.54 Å². The lowest BCUT2D eigenvalue weighted by atomic mass is 10.2. The smallest absolute Gasteiger partial charge is 0.154 e. The zero-order chi connectivity index (χ0) is 23.1. The Morgan fingerprint density at radius 1 is 0.941 bits per heavy atom. The first kappa shape index (κ1) is 21.3. The van der Waals surface area contributed by atoms with Gasteiger partial charge in [-0.2, -0.15) is 0 Å². The molecule has 0 spiro atoms. The van der Waals surface area contributed by atoms with Crippen LogP contribution >= 0.6 is 11.3 Å². The molecule has 34 heavy (non-hydrogen) atoms. The van der Waals surface area contributed by atoms with Gasteiger partial charge in [0.2, 0.25) is 0 Å². The molecule has 5 aromatic rings. The van der Waals surface area contributed by atoms with Gasteiger partial charge in [-0.3, -0.25) is 4.90 Å². The predicted molar refractivity (Wildman–Crippen MR) is 141 cm³/mol. The first-order chi connectivity index (χ1) is 16.6. The molecule has 0 radical (unpaired) electrons. The van der Waals surface area contributed by atoms with Crippen molar-refractivity contribution in [3.05, 3.63) is 78.0 Å². The second-order valence-electron chi connectivity index (χ2n) is 9.08. The van der Waals surface area contributed by atoms with E-state index in [1.165, 1.54) is 20.5 Å². The number of likely N-dealkylation sites (N-methyl/N-ethyl adjacent to an activating group) is 1. The Hall–Kier alpha value is -3.26. The van der Waals surface area contributed by atoms with E-state index < -0.39 is 0 Å². The van der Waals surface area contributed by atoms with Crippen LogP contribution in [0.3, 0.4) is 0 Å². The number of hydrogen-bond donors (Lipinski definition) is 1. The third kappa shape index (κ3) is 4.18. The number of nitrogens with zero attached hydrogens (tertiary/aromatic N) is 5. The topological polar surface area (TPSA) is 48.7 Å². The largest absolute Gasteiger partial charge is 0.339 e. The molecule has 0 saturated carbocycles. The fourth-order valence-corrected chi connectivity index (χ4v) is 5.74. The summed E-state index contributed by atoms with van der Waals surface area (Å²) in [5.74, 6) is 0.805. The van der Waals surface area contributed by atoms with Gasteiger partial charge in [0.1, 0.15) is 5.69 Å². The maximum atomic E-state index is 4.90. The number of aryl methyl sites for hydroxylation is 1. The molecule has 4 heterocycles. The van der Waals surface area contributed by atoms with Crippen LogP contribution in [0.1, 0.15) is 11.3 Å². The quantitative estimate of drug-likeness (QED) is 0.374. The molecule has 6 nitrogen and oxygen atoms in total. The average Bonchev–Trinajstić information content (AvgIpc) is 3.41. The molecule has 7 heteroatoms. The van der Waals surface area contributed by atoms with Crippen molar-refractivity contribution in [1.29, 1.82) is 0 Å². The summed E-state index contributed by atoms with van der Waals surface area (Å²) in [6.45, 7) is 7.61. The summed E-state index contributed by atoms with van der Waals surface area (Å²) in [6.07, 6.45) is 0. The SMILES string of the molecule is Cc1nc2ccc(Nc3ccc(CN4CCN(C)CC4)cc3)nn2c1-c1cc2ccccc2s1. The molecule has 1 N–H and O–H groups in total. The molecule has 3 aromatic heterocycles. The number of nitrogens with one attached hydrogen (secondary N) is 1. The van der Waals surface area contributed by atoms with Gasteiger partial charge in [-0.1, -0.05) is 30.3 Å². The van der Waals surface area contributed by atoms with Crippen LogP contribution in [0.4, 0.5) is 11.5 Å². The molecular weight excluding hydrogens is 440 g/mol. The van der Waals surface area contributed by atoms with E-state index in [1.54, 1.807) is 11.3 Å². The Labute approximate surface area is 203 Å². The molecule has 172 valence electrons. The van der Waals surface area contributed by atoms with E-state index in [4.69, 9.17) is 10.1 Å². The molecular formula is C27H28N6S. The highest BCUT2D eigenvalue weighted by Crippen LogP contribution is 2.35. The third-order valence-electron chi connectivity index (χ3n) is 6.54. The number of piperazine rings is 1. The molecule has 1 aliphatic heterocycles. The van der Waals surface area contributed by atoms with E-state index in [0.717, 1.165) is 61.3 Å². The van der Waals surface area contributed by atoms with Crippen molar-refractivity contribution in [2.24, 2.45) is 0 Å². The molecule has 0 amide bonds. The highest BCUT2D eigenvalue weighted by atomic mass is 32.1. The molecule has 1 aliphatic rings. The van der Waals surface area contributed by atoms with Gasteiger partial charge in [-0.05, 0) is 61.3 Å². The van der Waals surface area contributed by atoms with Crippen molar-refractivity contribution in [2.45, 2.75) is 13.5 Å². The lowest BCUT2D eigenvalue weighted by Gasteiger charge is -2.32. The van der Waals surface area contributed by atoms with E-state index in [9.17, 15) is 0 Å². The zero-order valence-electron chi connectivity index (χ0n) is 19.5. The standard InChI is InChI=1S/C27H28N6S/c1-19-27(24-17-21-5-3-4-6-23(21)34-24)33-26(28-19)12-11-25(30-33)29-22-9-7-20(8-10-22)18-32-15-13-31(2)14-16-32/h3-12,17H,13-16,18H2,1-2H3,(H,29,30). The van der Waals surface area contributed by atoms with E-state index in [1.807, 2.05) is 16.6 Å². The summed E-state index contributed by atoms with van der Waals surface area (Å²) < 4.78 is 3.24. The summed E-state index contributed by atoms with van der Waals surface area (Å²) in [6, 6.07) is 23.4. The first-order valence-corrected chi connectivity index (χ1v) is 12.6. The fourth-order valence-electron chi connectivity index (χ4n) is 4.60. The van der Waals surface area contributed by atoms with E-state index >= 15 is 0 Å². The highest BCUT2D eigenvalue weighted by Gasteiger charge is 2.16. The Bertz CT molecular complexity index is 1410. The number of benzene rings is 2. The van der Waals surface area contributed by atoms with Crippen molar-refractivity contribution >= 4 is 38.6 Å². The Kier molecular flexibility index (Phi) is 5.53. The van der Waals surface area contributed by atoms with Gasteiger partial charge in [-0.25, -0.2) is 9.50 Å². The number of fused-ring (bicyclic) bond motifs is 2. The van der Waals surface area contributed by atoms with Gasteiger partial charge >= 0.3 is 0 Å². The van der Waals surface area contributed by atoms with E-state index in [0.29, 0.717) is 0 Å². The Morgan fingerprint density at radius 3 is 2.53 bits per heavy atom. The maximum Gasteiger partial charge on any atom is 0.154 e. The molecule has 0 unspecified atom stereocenters. The number of rotatable bonds is 5. The number of hydrogen-bond acceptors (Lipinski definition) is 6. The van der Waals surface area contributed by atoms with Gasteiger partial charge < -0.3 is 10.2 Å². The Balaban J connectivity index is 1.23. The van der Waals surface area contributed by atoms with Crippen molar-refractivity contribution in [2.75, 3.05) is 38.5 Å². The van der Waals surface area contributed by atoms with Crippen LogP contribution in [-0.4, -0.2) is 57.6 Å². The molecule has 0 bridgehead atoms. The normalized spacial score (nSPS) is 15.4. The third-order valence-corrected chi connectivity index (χ3v) is 7.66. The Morgan fingerprint density at radius 2 is 1.74 bits per heavy atom. The minimum absolute atomic E-state index is 0.805. The second-order valence-corrected chi connectivity index (χ2v) is 10.2. The van der Waals surface area contributed by atoms with Gasteiger partial charge in [0.05, 0.1) is 10.6 Å². The van der Waals surface area contributed by atoms with Crippen molar-refractivity contribution in [1.82, 2.24) is 24.4 Å². The van der Waals surface area contributed by atoms with Gasteiger partial charge in [0.25, 0.3) is 0 Å². The number of anilines is 2. The number of aromatic nitrogens is 3. The van der Waals surface area contributed by atoms with E-state index in [2.05, 4.69) is 83.7 Å². The summed E-state index contributed by atoms with van der Waals surface area (Å²) >= 11 is 1.78. The monoisotopic (exact) mass is 468 g/mol. The molecule has 2 aromatic carbocycles. The van der Waals surface area contributed by atoms with Crippen LogP contribution < -0.4 is 5.32 Å². The van der Waals surface area contributed by atoms with Crippen LogP contribution in [0.5, 0.6) is 0 Å². The molecule has 6 rings (SSSR count). The lowest BCUT2D eigenvalue weighted by Crippen LogP contribution is -2.43. The van der Waals surface area contributed by atoms with Crippen LogP contribution in [0.25, 0.3) is 26.3 Å². The van der Waals surface area contributed by atoms with Gasteiger partial charge in [-0.15, -0.1) is 16.4 Å². The predicted octanol–water partition coefficient (Wildman–Crippen LogP) is 5.41. The highest BCUT2D eigenvalue weighted by molar-refractivity contribution is 7.22. The molecule has 0 atom stereocenters. The zero-order valence-corrected chi connectivity index (χ0v) is 20.3. The first-order valence-electron chi connectivity index (χ1n) is 11.7. The maximum absolute atomic E-state index is 4.90. The van der Waals surface area contributed by atoms with Crippen molar-refractivity contribution < 1.29 is 0 Å². The number of thiophene rings is 1. The minimum atomic E-state index is 0.805. The van der Waals surface area contributed by atoms with Crippen LogP contribution in [0.2, 0.25) is 0 Å². The molecule has 1 saturated heterocycles. The summed E-state index contributed by atoms with van der Waals surface area (Å²) in [5.41, 5.74) is 5.29. The summed E-state index contributed by atoms with van der Waals surface area (Å²) in [5, 5.41) is 9.62. The molecule has 1 fully saturated rings. The number of imidazole rings is 1. The average molecular weight is 469 g/mol. The van der Waals surface area contributed by atoms with E-state index in [-0.39, 0.29) is 0 Å². The fraction of sp³-hybridized carbons (Fsp3) is 0.259. The second kappa shape index (κ2) is 8.83. The van der Waals surface area contributed by atoms with Crippen LogP contribution in [0.15, 0.2) is 66.7 Å². The van der Waals surface area contributed by atoms with Crippen molar-refractivity contribution in [3.63, 3.8) is 0 Å². The van der Waals surface area contributed by atoms with Crippen LogP contribution in [0, 0.1) is 6.92 Å². The van der Waals surface area contributed by atoms with Crippen molar-refractivity contribution in [3.8, 4) is 10.6 Å². The molecule has 0 aliphatic carbocycles. The summed E-state index contributed by atoms with van der Waals surface area (Å²) in [7, 11) is 2.19.